The second kappa shape index (κ2) is 4.42. The van der Waals surface area contributed by atoms with Crippen LogP contribution in [0.2, 0.25) is 0 Å². The standard InChI is InChI=1S/C11H15NO3S2/c1-8-2-3-11(10(12)6-8)16(13)9-4-5-17(14,15)7-9/h2-3,6,9H,4-5,7,12H2,1H3. The zero-order chi connectivity index (χ0) is 12.6. The van der Waals surface area contributed by atoms with Crippen LogP contribution in [0.4, 0.5) is 5.69 Å². The number of rotatable bonds is 2. The van der Waals surface area contributed by atoms with Crippen LogP contribution in [0.3, 0.4) is 0 Å². The van der Waals surface area contributed by atoms with Crippen LogP contribution in [0.5, 0.6) is 0 Å². The Labute approximate surface area is 104 Å². The van der Waals surface area contributed by atoms with Crippen molar-refractivity contribution < 1.29 is 12.6 Å². The van der Waals surface area contributed by atoms with E-state index in [4.69, 9.17) is 5.73 Å². The Bertz CT molecular complexity index is 566. The molecule has 0 amide bonds. The molecule has 0 saturated carbocycles. The van der Waals surface area contributed by atoms with Gasteiger partial charge in [0.25, 0.3) is 0 Å². The molecule has 2 unspecified atom stereocenters. The van der Waals surface area contributed by atoms with Crippen molar-refractivity contribution in [2.24, 2.45) is 0 Å². The van der Waals surface area contributed by atoms with Gasteiger partial charge in [0.2, 0.25) is 0 Å². The van der Waals surface area contributed by atoms with Crippen LogP contribution in [0.25, 0.3) is 0 Å². The molecule has 0 aliphatic carbocycles. The Morgan fingerprint density at radius 3 is 2.65 bits per heavy atom. The summed E-state index contributed by atoms with van der Waals surface area (Å²) in [7, 11) is -4.33. The number of benzene rings is 1. The predicted octanol–water partition coefficient (Wildman–Crippen LogP) is 0.872. The van der Waals surface area contributed by atoms with Crippen LogP contribution in [-0.2, 0) is 20.6 Å². The van der Waals surface area contributed by atoms with E-state index in [0.717, 1.165) is 5.56 Å². The first kappa shape index (κ1) is 12.6. The fourth-order valence-electron chi connectivity index (χ4n) is 1.96. The summed E-state index contributed by atoms with van der Waals surface area (Å²) < 4.78 is 34.9. The Hall–Kier alpha value is -0.880. The van der Waals surface area contributed by atoms with Crippen molar-refractivity contribution >= 4 is 26.3 Å². The molecular weight excluding hydrogens is 258 g/mol. The summed E-state index contributed by atoms with van der Waals surface area (Å²) >= 11 is 0. The lowest BCUT2D eigenvalue weighted by atomic mass is 10.2. The van der Waals surface area contributed by atoms with Crippen LogP contribution in [0.1, 0.15) is 12.0 Å². The van der Waals surface area contributed by atoms with Crippen molar-refractivity contribution in [3.05, 3.63) is 23.8 Å². The largest absolute Gasteiger partial charge is 0.398 e. The maximum Gasteiger partial charge on any atom is 0.151 e. The topological polar surface area (TPSA) is 77.2 Å². The first-order valence-electron chi connectivity index (χ1n) is 5.36. The molecule has 0 aromatic heterocycles. The molecule has 2 N–H and O–H groups in total. The molecule has 0 bridgehead atoms. The predicted molar refractivity (Wildman–Crippen MR) is 69.1 cm³/mol. The highest BCUT2D eigenvalue weighted by atomic mass is 32.2. The summed E-state index contributed by atoms with van der Waals surface area (Å²) in [6, 6.07) is 5.33. The third-order valence-electron chi connectivity index (χ3n) is 2.88. The average molecular weight is 273 g/mol. The molecule has 2 rings (SSSR count). The van der Waals surface area contributed by atoms with E-state index in [9.17, 15) is 12.6 Å². The zero-order valence-corrected chi connectivity index (χ0v) is 11.2. The third-order valence-corrected chi connectivity index (χ3v) is 6.67. The normalized spacial score (nSPS) is 24.6. The molecule has 1 fully saturated rings. The van der Waals surface area contributed by atoms with Crippen molar-refractivity contribution in [1.82, 2.24) is 0 Å². The van der Waals surface area contributed by atoms with Crippen LogP contribution in [0.15, 0.2) is 23.1 Å². The minimum absolute atomic E-state index is 0.00687. The zero-order valence-electron chi connectivity index (χ0n) is 9.55. The maximum atomic E-state index is 12.2. The molecule has 4 nitrogen and oxygen atoms in total. The van der Waals surface area contributed by atoms with Crippen LogP contribution >= 0.6 is 0 Å². The lowest BCUT2D eigenvalue weighted by Gasteiger charge is -2.10. The van der Waals surface area contributed by atoms with Gasteiger partial charge in [-0.25, -0.2) is 8.42 Å². The fourth-order valence-corrected chi connectivity index (χ4v) is 5.95. The van der Waals surface area contributed by atoms with Gasteiger partial charge < -0.3 is 5.73 Å². The molecule has 1 heterocycles. The van der Waals surface area contributed by atoms with Crippen molar-refractivity contribution in [3.63, 3.8) is 0 Å². The summed E-state index contributed by atoms with van der Waals surface area (Å²) in [4.78, 5) is 0.553. The highest BCUT2D eigenvalue weighted by molar-refractivity contribution is 7.94. The van der Waals surface area contributed by atoms with Crippen molar-refractivity contribution in [2.75, 3.05) is 17.2 Å². The number of hydrogen-bond donors (Lipinski definition) is 1. The van der Waals surface area contributed by atoms with Crippen LogP contribution < -0.4 is 5.73 Å². The Balaban J connectivity index is 2.27. The van der Waals surface area contributed by atoms with E-state index in [1.165, 1.54) is 0 Å². The van der Waals surface area contributed by atoms with Gasteiger partial charge >= 0.3 is 0 Å². The SMILES string of the molecule is Cc1ccc(S(=O)C2CCS(=O)(=O)C2)c(N)c1. The number of aryl methyl sites for hydroxylation is 1. The molecule has 1 aromatic carbocycles. The minimum Gasteiger partial charge on any atom is -0.398 e. The van der Waals surface area contributed by atoms with Gasteiger partial charge in [0.1, 0.15) is 0 Å². The van der Waals surface area contributed by atoms with E-state index in [2.05, 4.69) is 0 Å². The highest BCUT2D eigenvalue weighted by Gasteiger charge is 2.33. The number of sulfone groups is 1. The van der Waals surface area contributed by atoms with E-state index < -0.39 is 20.6 Å². The number of hydrogen-bond acceptors (Lipinski definition) is 4. The van der Waals surface area contributed by atoms with Crippen molar-refractivity contribution in [2.45, 2.75) is 23.5 Å². The molecular formula is C11H15NO3S2. The van der Waals surface area contributed by atoms with Crippen molar-refractivity contribution in [3.8, 4) is 0 Å². The van der Waals surface area contributed by atoms with E-state index in [-0.39, 0.29) is 16.8 Å². The number of nitrogens with two attached hydrogens (primary N) is 1. The van der Waals surface area contributed by atoms with Gasteiger partial charge in [-0.05, 0) is 31.0 Å². The van der Waals surface area contributed by atoms with E-state index in [1.54, 1.807) is 12.1 Å². The average Bonchev–Trinajstić information content (AvgIpc) is 2.58. The molecule has 1 aliphatic heterocycles. The van der Waals surface area contributed by atoms with Gasteiger partial charge in [-0.3, -0.25) is 4.21 Å². The highest BCUT2D eigenvalue weighted by Crippen LogP contribution is 2.26. The summed E-state index contributed by atoms with van der Waals surface area (Å²) in [6.07, 6.45) is 0.461. The molecule has 2 atom stereocenters. The molecule has 94 valence electrons. The van der Waals surface area contributed by atoms with Gasteiger partial charge in [0.05, 0.1) is 32.5 Å². The smallest absolute Gasteiger partial charge is 0.151 e. The molecule has 0 radical (unpaired) electrons. The summed E-state index contributed by atoms with van der Waals surface area (Å²) in [5.74, 6) is 0.141. The molecule has 6 heteroatoms. The molecule has 1 aliphatic rings. The van der Waals surface area contributed by atoms with Gasteiger partial charge in [0.15, 0.2) is 9.84 Å². The first-order chi connectivity index (χ1) is 7.89. The minimum atomic E-state index is -3.00. The summed E-state index contributed by atoms with van der Waals surface area (Å²) in [5, 5.41) is -0.315. The lowest BCUT2D eigenvalue weighted by Crippen LogP contribution is -2.17. The lowest BCUT2D eigenvalue weighted by molar-refractivity contribution is 0.602. The number of nitrogen functional groups attached to an aromatic ring is 1. The second-order valence-electron chi connectivity index (χ2n) is 4.36. The van der Waals surface area contributed by atoms with Gasteiger partial charge in [-0.15, -0.1) is 0 Å². The number of anilines is 1. The third kappa shape index (κ3) is 2.69. The molecule has 17 heavy (non-hydrogen) atoms. The Kier molecular flexibility index (Phi) is 3.27. The van der Waals surface area contributed by atoms with Crippen LogP contribution in [-0.4, -0.2) is 29.4 Å². The molecule has 0 spiro atoms. The fraction of sp³-hybridized carbons (Fsp3) is 0.455. The Morgan fingerprint density at radius 1 is 1.41 bits per heavy atom. The Morgan fingerprint density at radius 2 is 2.12 bits per heavy atom. The monoisotopic (exact) mass is 273 g/mol. The maximum absolute atomic E-state index is 12.2. The van der Waals surface area contributed by atoms with Gasteiger partial charge in [0, 0.05) is 5.69 Å². The van der Waals surface area contributed by atoms with E-state index in [1.807, 2.05) is 13.0 Å². The first-order valence-corrected chi connectivity index (χ1v) is 8.39. The molecule has 1 aromatic rings. The molecule has 1 saturated heterocycles. The van der Waals surface area contributed by atoms with Gasteiger partial charge in [-0.1, -0.05) is 6.07 Å². The van der Waals surface area contributed by atoms with Crippen molar-refractivity contribution in [1.29, 1.82) is 0 Å². The second-order valence-corrected chi connectivity index (χ2v) is 8.29. The summed E-state index contributed by atoms with van der Waals surface area (Å²) in [6.45, 7) is 1.91. The van der Waals surface area contributed by atoms with Crippen LogP contribution in [0, 0.1) is 6.92 Å². The van der Waals surface area contributed by atoms with Gasteiger partial charge in [-0.2, -0.15) is 0 Å². The van der Waals surface area contributed by atoms with E-state index >= 15 is 0 Å². The summed E-state index contributed by atoms with van der Waals surface area (Å²) in [5.41, 5.74) is 7.30. The quantitative estimate of drug-likeness (QED) is 0.811. The van der Waals surface area contributed by atoms with E-state index in [0.29, 0.717) is 17.0 Å².